The molecule has 2 aromatic carbocycles. The highest BCUT2D eigenvalue weighted by molar-refractivity contribution is 9.10. The number of carbonyl (C=O) groups is 2. The Morgan fingerprint density at radius 1 is 1.08 bits per heavy atom. The van der Waals surface area contributed by atoms with Gasteiger partial charge in [-0.3, -0.25) is 10.2 Å². The Morgan fingerprint density at radius 2 is 1.83 bits per heavy atom. The molecule has 128 valence electrons. The largest absolute Gasteiger partial charge is 0.484 e. The van der Waals surface area contributed by atoms with Gasteiger partial charge < -0.3 is 10.1 Å². The molecule has 6 nitrogen and oxygen atoms in total. The second kappa shape index (κ2) is 9.12. The molecule has 0 saturated carbocycles. The zero-order valence-corrected chi connectivity index (χ0v) is 15.0. The smallest absolute Gasteiger partial charge is 0.333 e. The average Bonchev–Trinajstić information content (AvgIpc) is 2.58. The topological polar surface area (TPSA) is 79.5 Å². The molecule has 0 spiro atoms. The minimum Gasteiger partial charge on any atom is -0.484 e. The zero-order valence-electron chi connectivity index (χ0n) is 13.4. The van der Waals surface area contributed by atoms with E-state index in [1.165, 1.54) is 0 Å². The van der Waals surface area contributed by atoms with E-state index in [1.807, 2.05) is 37.3 Å². The number of rotatable bonds is 6. The van der Waals surface area contributed by atoms with E-state index < -0.39 is 11.9 Å². The summed E-state index contributed by atoms with van der Waals surface area (Å²) >= 11 is 3.43. The van der Waals surface area contributed by atoms with Crippen LogP contribution in [0.25, 0.3) is 10.8 Å². The molecule has 0 saturated heterocycles. The monoisotopic (exact) mass is 393 g/mol. The van der Waals surface area contributed by atoms with E-state index in [9.17, 15) is 9.59 Å². The van der Waals surface area contributed by atoms with Gasteiger partial charge in [-0.1, -0.05) is 41.4 Å². The molecule has 0 atom stereocenters. The number of ether oxygens (including phenoxy) is 1. The van der Waals surface area contributed by atoms with Crippen molar-refractivity contribution >= 4 is 38.6 Å². The molecule has 3 N–H and O–H groups in total. The second-order valence-electron chi connectivity index (χ2n) is 5.22. The minimum atomic E-state index is -0.437. The van der Waals surface area contributed by atoms with Crippen molar-refractivity contribution in [3.05, 3.63) is 40.9 Å². The van der Waals surface area contributed by atoms with Crippen LogP contribution in [-0.4, -0.2) is 25.1 Å². The number of fused-ring (bicyclic) bond motifs is 1. The number of hydrogen-bond donors (Lipinski definition) is 3. The van der Waals surface area contributed by atoms with Gasteiger partial charge in [-0.2, -0.15) is 0 Å². The number of urea groups is 1. The van der Waals surface area contributed by atoms with Crippen LogP contribution in [0, 0.1) is 0 Å². The fourth-order valence-electron chi connectivity index (χ4n) is 2.02. The quantitative estimate of drug-likeness (QED) is 0.520. The Balaban J connectivity index is 1.77. The molecule has 0 aliphatic carbocycles. The normalized spacial score (nSPS) is 10.2. The van der Waals surface area contributed by atoms with Gasteiger partial charge in [0.1, 0.15) is 5.75 Å². The SMILES string of the molecule is CCCCNC(=O)NNC(=O)COc1ccc2cc(Br)ccc2c1. The van der Waals surface area contributed by atoms with Crippen LogP contribution in [0.15, 0.2) is 40.9 Å². The number of unbranched alkanes of at least 4 members (excludes halogenated alkanes) is 1. The lowest BCUT2D eigenvalue weighted by Crippen LogP contribution is -2.48. The highest BCUT2D eigenvalue weighted by Crippen LogP contribution is 2.23. The van der Waals surface area contributed by atoms with Crippen molar-refractivity contribution in [2.45, 2.75) is 19.8 Å². The number of benzene rings is 2. The first-order valence-electron chi connectivity index (χ1n) is 7.73. The molecule has 24 heavy (non-hydrogen) atoms. The predicted molar refractivity (Wildman–Crippen MR) is 96.7 cm³/mol. The van der Waals surface area contributed by atoms with Gasteiger partial charge in [0.2, 0.25) is 0 Å². The first-order chi connectivity index (χ1) is 11.6. The maximum absolute atomic E-state index is 11.7. The summed E-state index contributed by atoms with van der Waals surface area (Å²) in [7, 11) is 0. The van der Waals surface area contributed by atoms with Crippen molar-refractivity contribution < 1.29 is 14.3 Å². The van der Waals surface area contributed by atoms with E-state index in [4.69, 9.17) is 4.74 Å². The lowest BCUT2D eigenvalue weighted by molar-refractivity contribution is -0.123. The van der Waals surface area contributed by atoms with E-state index in [1.54, 1.807) is 6.07 Å². The molecular weight excluding hydrogens is 374 g/mol. The van der Waals surface area contributed by atoms with Crippen LogP contribution < -0.4 is 20.9 Å². The van der Waals surface area contributed by atoms with Gasteiger partial charge in [0.25, 0.3) is 5.91 Å². The standard InChI is InChI=1S/C17H20BrN3O3/c1-2-3-8-19-17(23)21-20-16(22)11-24-15-7-5-12-9-14(18)6-4-13(12)10-15/h4-7,9-10H,2-3,8,11H2,1H3,(H,20,22)(H2,19,21,23). The van der Waals surface area contributed by atoms with Crippen molar-refractivity contribution in [2.24, 2.45) is 0 Å². The average molecular weight is 394 g/mol. The lowest BCUT2D eigenvalue weighted by atomic mass is 10.1. The number of hydrogen-bond acceptors (Lipinski definition) is 3. The van der Waals surface area contributed by atoms with Gasteiger partial charge >= 0.3 is 6.03 Å². The maximum atomic E-state index is 11.7. The molecule has 0 unspecified atom stereocenters. The highest BCUT2D eigenvalue weighted by Gasteiger charge is 2.05. The van der Waals surface area contributed by atoms with Crippen LogP contribution in [0.2, 0.25) is 0 Å². The maximum Gasteiger partial charge on any atom is 0.333 e. The van der Waals surface area contributed by atoms with E-state index in [2.05, 4.69) is 32.1 Å². The van der Waals surface area contributed by atoms with Crippen molar-refractivity contribution in [3.63, 3.8) is 0 Å². The van der Waals surface area contributed by atoms with Crippen LogP contribution in [0.4, 0.5) is 4.79 Å². The van der Waals surface area contributed by atoms with Gasteiger partial charge in [0.05, 0.1) is 0 Å². The summed E-state index contributed by atoms with van der Waals surface area (Å²) in [6.07, 6.45) is 1.88. The molecule has 2 rings (SSSR count). The van der Waals surface area contributed by atoms with Crippen LogP contribution in [0.5, 0.6) is 5.75 Å². The summed E-state index contributed by atoms with van der Waals surface area (Å²) in [6, 6.07) is 11.1. The molecule has 0 radical (unpaired) electrons. The molecule has 0 aliphatic heterocycles. The van der Waals surface area contributed by atoms with Crippen molar-refractivity contribution in [3.8, 4) is 5.75 Å². The zero-order chi connectivity index (χ0) is 17.4. The van der Waals surface area contributed by atoms with Gasteiger partial charge in [0.15, 0.2) is 6.61 Å². The summed E-state index contributed by atoms with van der Waals surface area (Å²) in [6.45, 7) is 2.42. The second-order valence-corrected chi connectivity index (χ2v) is 6.14. The molecule has 0 fully saturated rings. The number of carbonyl (C=O) groups excluding carboxylic acids is 2. The van der Waals surface area contributed by atoms with Gasteiger partial charge in [0, 0.05) is 11.0 Å². The Kier molecular flexibility index (Phi) is 6.87. The molecule has 0 aromatic heterocycles. The fraction of sp³-hybridized carbons (Fsp3) is 0.294. The van der Waals surface area contributed by atoms with E-state index in [-0.39, 0.29) is 6.61 Å². The summed E-state index contributed by atoms with van der Waals surface area (Å²) < 4.78 is 6.45. The molecular formula is C17H20BrN3O3. The number of amides is 3. The van der Waals surface area contributed by atoms with E-state index in [0.717, 1.165) is 28.1 Å². The van der Waals surface area contributed by atoms with Crippen LogP contribution in [0.1, 0.15) is 19.8 Å². The number of nitrogens with one attached hydrogen (secondary N) is 3. The molecule has 3 amide bonds. The van der Waals surface area contributed by atoms with Crippen molar-refractivity contribution in [2.75, 3.05) is 13.2 Å². The van der Waals surface area contributed by atoms with Gasteiger partial charge in [-0.05, 0) is 41.5 Å². The third-order valence-electron chi connectivity index (χ3n) is 3.28. The molecule has 7 heteroatoms. The van der Waals surface area contributed by atoms with Crippen molar-refractivity contribution in [1.82, 2.24) is 16.2 Å². The first-order valence-corrected chi connectivity index (χ1v) is 8.52. The summed E-state index contributed by atoms with van der Waals surface area (Å²) in [5.41, 5.74) is 4.57. The Hall–Kier alpha value is -2.28. The number of halogens is 1. The van der Waals surface area contributed by atoms with E-state index >= 15 is 0 Å². The third kappa shape index (κ3) is 5.73. The summed E-state index contributed by atoms with van der Waals surface area (Å²) in [4.78, 5) is 23.1. The molecule has 0 heterocycles. The van der Waals surface area contributed by atoms with Crippen LogP contribution >= 0.6 is 15.9 Å². The van der Waals surface area contributed by atoms with Crippen LogP contribution in [-0.2, 0) is 4.79 Å². The van der Waals surface area contributed by atoms with Gasteiger partial charge in [-0.15, -0.1) is 0 Å². The molecule has 0 aliphatic rings. The third-order valence-corrected chi connectivity index (χ3v) is 3.77. The van der Waals surface area contributed by atoms with Gasteiger partial charge in [-0.25, -0.2) is 10.2 Å². The molecule has 2 aromatic rings. The Labute approximate surface area is 149 Å². The number of hydrazine groups is 1. The lowest BCUT2D eigenvalue weighted by Gasteiger charge is -2.10. The summed E-state index contributed by atoms with van der Waals surface area (Å²) in [5.74, 6) is 0.156. The Bertz CT molecular complexity index is 721. The summed E-state index contributed by atoms with van der Waals surface area (Å²) in [5, 5.41) is 4.72. The fourth-order valence-corrected chi connectivity index (χ4v) is 2.40. The first kappa shape index (κ1) is 18.1. The highest BCUT2D eigenvalue weighted by atomic mass is 79.9. The predicted octanol–water partition coefficient (Wildman–Crippen LogP) is 3.11. The Morgan fingerprint density at radius 3 is 2.62 bits per heavy atom. The van der Waals surface area contributed by atoms with Crippen LogP contribution in [0.3, 0.4) is 0 Å². The minimum absolute atomic E-state index is 0.183. The van der Waals surface area contributed by atoms with Crippen molar-refractivity contribution in [1.29, 1.82) is 0 Å². The van der Waals surface area contributed by atoms with E-state index in [0.29, 0.717) is 12.3 Å². The molecule has 0 bridgehead atoms.